The predicted octanol–water partition coefficient (Wildman–Crippen LogP) is 3.15. The fourth-order valence-corrected chi connectivity index (χ4v) is 3.95. The Morgan fingerprint density at radius 1 is 1.14 bits per heavy atom. The summed E-state index contributed by atoms with van der Waals surface area (Å²) >= 11 is 0. The molecule has 4 rings (SSSR count). The van der Waals surface area contributed by atoms with Crippen molar-refractivity contribution in [3.8, 4) is 0 Å². The number of aliphatic hydroxyl groups is 1. The maximum Gasteiger partial charge on any atom is 0.145 e. The molecule has 1 N–H and O–H groups in total. The van der Waals surface area contributed by atoms with Gasteiger partial charge >= 0.3 is 0 Å². The molecule has 2 unspecified atom stereocenters. The lowest BCUT2D eigenvalue weighted by atomic mass is 9.86. The lowest BCUT2D eigenvalue weighted by Crippen LogP contribution is -2.14. The van der Waals surface area contributed by atoms with E-state index >= 15 is 0 Å². The summed E-state index contributed by atoms with van der Waals surface area (Å²) in [5.41, 5.74) is 2.18. The Kier molecular flexibility index (Phi) is 3.84. The second-order valence-electron chi connectivity index (χ2n) is 6.53. The molecule has 1 aliphatic heterocycles. The summed E-state index contributed by atoms with van der Waals surface area (Å²) in [4.78, 5) is 9.10. The molecule has 5 nitrogen and oxygen atoms in total. The fourth-order valence-electron chi connectivity index (χ4n) is 3.95. The molecular weight excluding hydrogens is 278 g/mol. The molecule has 2 aromatic heterocycles. The monoisotopic (exact) mass is 301 g/mol. The molecule has 0 radical (unpaired) electrons. The van der Waals surface area contributed by atoms with Gasteiger partial charge in [0, 0.05) is 17.5 Å². The Hall–Kier alpha value is -1.46. The minimum absolute atomic E-state index is 0.0104. The van der Waals surface area contributed by atoms with E-state index in [1.165, 1.54) is 43.2 Å². The molecule has 3 heterocycles. The van der Waals surface area contributed by atoms with Crippen LogP contribution in [0.4, 0.5) is 0 Å². The van der Waals surface area contributed by atoms with E-state index in [0.29, 0.717) is 5.92 Å². The number of hydrogen-bond acceptors (Lipinski definition) is 4. The first-order chi connectivity index (χ1) is 10.9. The largest absolute Gasteiger partial charge is 0.394 e. The Labute approximate surface area is 130 Å². The molecule has 0 bridgehead atoms. The molecule has 118 valence electrons. The highest BCUT2D eigenvalue weighted by molar-refractivity contribution is 5.79. The van der Waals surface area contributed by atoms with Crippen molar-refractivity contribution in [3.05, 3.63) is 24.3 Å². The Morgan fingerprint density at radius 2 is 2.00 bits per heavy atom. The van der Waals surface area contributed by atoms with Crippen LogP contribution in [0.2, 0.25) is 0 Å². The molecule has 5 heteroatoms. The van der Waals surface area contributed by atoms with E-state index in [1.807, 2.05) is 0 Å². The van der Waals surface area contributed by atoms with E-state index in [1.54, 1.807) is 6.33 Å². The first kappa shape index (κ1) is 14.2. The number of rotatable bonds is 3. The third kappa shape index (κ3) is 2.42. The molecule has 0 spiro atoms. The highest BCUT2D eigenvalue weighted by Gasteiger charge is 2.28. The number of aliphatic hydroxyl groups excluding tert-OH is 1. The summed E-state index contributed by atoms with van der Waals surface area (Å²) in [6.45, 7) is 0.0952. The highest BCUT2D eigenvalue weighted by atomic mass is 16.5. The number of fused-ring (bicyclic) bond motifs is 1. The summed E-state index contributed by atoms with van der Waals surface area (Å²) in [6.07, 6.45) is 12.0. The maximum absolute atomic E-state index is 9.25. The topological polar surface area (TPSA) is 60.2 Å². The average Bonchev–Trinajstić information content (AvgIpc) is 3.21. The first-order valence-electron chi connectivity index (χ1n) is 8.44. The molecule has 2 aliphatic rings. The number of aromatic nitrogens is 3. The molecule has 22 heavy (non-hydrogen) atoms. The van der Waals surface area contributed by atoms with E-state index in [0.717, 1.165) is 18.5 Å². The van der Waals surface area contributed by atoms with Crippen LogP contribution in [0.25, 0.3) is 11.0 Å². The van der Waals surface area contributed by atoms with E-state index < -0.39 is 0 Å². The lowest BCUT2D eigenvalue weighted by molar-refractivity contribution is -0.0204. The zero-order valence-electron chi connectivity index (χ0n) is 12.8. The van der Waals surface area contributed by atoms with Gasteiger partial charge in [-0.1, -0.05) is 19.3 Å². The van der Waals surface area contributed by atoms with Crippen molar-refractivity contribution in [2.75, 3.05) is 6.61 Å². The quantitative estimate of drug-likeness (QED) is 0.946. The van der Waals surface area contributed by atoms with Crippen LogP contribution in [-0.2, 0) is 4.74 Å². The van der Waals surface area contributed by atoms with Crippen LogP contribution < -0.4 is 0 Å². The van der Waals surface area contributed by atoms with Crippen LogP contribution >= 0.6 is 0 Å². The van der Waals surface area contributed by atoms with Gasteiger partial charge in [0.25, 0.3) is 0 Å². The maximum atomic E-state index is 9.25. The lowest BCUT2D eigenvalue weighted by Gasteiger charge is -2.21. The van der Waals surface area contributed by atoms with Crippen molar-refractivity contribution >= 4 is 11.0 Å². The third-order valence-electron chi connectivity index (χ3n) is 5.13. The SMILES string of the molecule is OCC1CCC(n2ccc3c(C4CCCCC4)ncnc32)O1. The smallest absolute Gasteiger partial charge is 0.145 e. The van der Waals surface area contributed by atoms with Crippen LogP contribution in [0.1, 0.15) is 62.8 Å². The standard InChI is InChI=1S/C17H23N3O2/c21-10-13-6-7-15(22-13)20-9-8-14-16(18-11-19-17(14)20)12-4-2-1-3-5-12/h8-9,11-13,15,21H,1-7,10H2. The van der Waals surface area contributed by atoms with Crippen LogP contribution in [0.15, 0.2) is 18.6 Å². The molecule has 2 fully saturated rings. The third-order valence-corrected chi connectivity index (χ3v) is 5.13. The van der Waals surface area contributed by atoms with Gasteiger partial charge in [-0.15, -0.1) is 0 Å². The summed E-state index contributed by atoms with van der Waals surface area (Å²) in [7, 11) is 0. The zero-order valence-corrected chi connectivity index (χ0v) is 12.8. The van der Waals surface area contributed by atoms with E-state index in [2.05, 4.69) is 26.8 Å². The Balaban J connectivity index is 1.67. The van der Waals surface area contributed by atoms with E-state index in [-0.39, 0.29) is 18.9 Å². The van der Waals surface area contributed by atoms with Crippen LogP contribution in [0, 0.1) is 0 Å². The van der Waals surface area contributed by atoms with Gasteiger partial charge in [-0.3, -0.25) is 0 Å². The van der Waals surface area contributed by atoms with Gasteiger partial charge < -0.3 is 14.4 Å². The summed E-state index contributed by atoms with van der Waals surface area (Å²) in [6, 6.07) is 2.13. The fraction of sp³-hybridized carbons (Fsp3) is 0.647. The van der Waals surface area contributed by atoms with Gasteiger partial charge in [-0.2, -0.15) is 0 Å². The number of nitrogens with zero attached hydrogens (tertiary/aromatic N) is 3. The summed E-state index contributed by atoms with van der Waals surface area (Å²) in [5, 5.41) is 10.4. The zero-order chi connectivity index (χ0) is 14.9. The summed E-state index contributed by atoms with van der Waals surface area (Å²) < 4.78 is 8.01. The second kappa shape index (κ2) is 5.97. The average molecular weight is 301 g/mol. The van der Waals surface area contributed by atoms with Crippen molar-refractivity contribution in [2.45, 2.75) is 63.2 Å². The van der Waals surface area contributed by atoms with E-state index in [9.17, 15) is 5.11 Å². The molecule has 0 amide bonds. The van der Waals surface area contributed by atoms with Gasteiger partial charge in [0.05, 0.1) is 18.4 Å². The van der Waals surface area contributed by atoms with Crippen molar-refractivity contribution in [2.24, 2.45) is 0 Å². The van der Waals surface area contributed by atoms with Crippen molar-refractivity contribution < 1.29 is 9.84 Å². The Bertz CT molecular complexity index is 648. The molecule has 0 aromatic carbocycles. The van der Waals surface area contributed by atoms with Gasteiger partial charge in [0.1, 0.15) is 18.2 Å². The van der Waals surface area contributed by atoms with Gasteiger partial charge in [-0.25, -0.2) is 9.97 Å². The normalized spacial score (nSPS) is 26.8. The minimum atomic E-state index is -0.0397. The van der Waals surface area contributed by atoms with Gasteiger partial charge in [0.15, 0.2) is 0 Å². The molecule has 2 aromatic rings. The van der Waals surface area contributed by atoms with Crippen molar-refractivity contribution in [1.82, 2.24) is 14.5 Å². The van der Waals surface area contributed by atoms with Crippen LogP contribution in [-0.4, -0.2) is 32.4 Å². The second-order valence-corrected chi connectivity index (χ2v) is 6.53. The number of ether oxygens (including phenoxy) is 1. The van der Waals surface area contributed by atoms with Crippen molar-refractivity contribution in [1.29, 1.82) is 0 Å². The minimum Gasteiger partial charge on any atom is -0.394 e. The van der Waals surface area contributed by atoms with Gasteiger partial charge in [-0.05, 0) is 31.7 Å². The molecule has 1 aliphatic carbocycles. The highest BCUT2D eigenvalue weighted by Crippen LogP contribution is 2.36. The van der Waals surface area contributed by atoms with E-state index in [4.69, 9.17) is 4.74 Å². The Morgan fingerprint density at radius 3 is 2.77 bits per heavy atom. The van der Waals surface area contributed by atoms with Crippen molar-refractivity contribution in [3.63, 3.8) is 0 Å². The molecule has 1 saturated carbocycles. The molecule has 2 atom stereocenters. The predicted molar refractivity (Wildman–Crippen MR) is 83.6 cm³/mol. The number of hydrogen-bond donors (Lipinski definition) is 1. The van der Waals surface area contributed by atoms with Crippen LogP contribution in [0.3, 0.4) is 0 Å². The first-order valence-corrected chi connectivity index (χ1v) is 8.44. The molecule has 1 saturated heterocycles. The molecular formula is C17H23N3O2. The summed E-state index contributed by atoms with van der Waals surface area (Å²) in [5.74, 6) is 0.574. The van der Waals surface area contributed by atoms with Gasteiger partial charge in [0.2, 0.25) is 0 Å². The van der Waals surface area contributed by atoms with Crippen LogP contribution in [0.5, 0.6) is 0 Å².